The number of nitrogens with one attached hydrogen (secondary N) is 1. The Hall–Kier alpha value is -3.62. The molecule has 1 N–H and O–H groups in total. The van der Waals surface area contributed by atoms with Crippen molar-refractivity contribution < 1.29 is 28.6 Å². The molecule has 0 radical (unpaired) electrons. The molecule has 0 atom stereocenters. The van der Waals surface area contributed by atoms with Gasteiger partial charge in [-0.05, 0) is 67.8 Å². The van der Waals surface area contributed by atoms with Crippen molar-refractivity contribution in [3.63, 3.8) is 0 Å². The third-order valence-electron chi connectivity index (χ3n) is 5.11. The lowest BCUT2D eigenvalue weighted by molar-refractivity contribution is -0.111. The fraction of sp³-hybridized carbons (Fsp3) is 0.222. The molecule has 9 heteroatoms. The number of hydrogen-bond acceptors (Lipinski definition) is 7. The summed E-state index contributed by atoms with van der Waals surface area (Å²) in [4.78, 5) is 37.4. The zero-order valence-corrected chi connectivity index (χ0v) is 21.9. The van der Waals surface area contributed by atoms with Crippen LogP contribution in [0.25, 0.3) is 6.08 Å². The summed E-state index contributed by atoms with van der Waals surface area (Å²) in [5.74, 6) is -0.171. The van der Waals surface area contributed by atoms with Gasteiger partial charge in [-0.1, -0.05) is 29.8 Å². The van der Waals surface area contributed by atoms with Gasteiger partial charge < -0.3 is 19.5 Å². The van der Waals surface area contributed by atoms with E-state index in [2.05, 4.69) is 5.32 Å². The molecule has 188 valence electrons. The molecule has 2 aromatic carbocycles. The summed E-state index contributed by atoms with van der Waals surface area (Å²) in [6.07, 6.45) is 2.94. The largest absolute Gasteiger partial charge is 0.493 e. The van der Waals surface area contributed by atoms with Crippen molar-refractivity contribution in [2.45, 2.75) is 27.4 Å². The zero-order valence-electron chi connectivity index (χ0n) is 20.3. The predicted octanol–water partition coefficient (Wildman–Crippen LogP) is 6.33. The number of hydrogen-bond donors (Lipinski definition) is 1. The zero-order chi connectivity index (χ0) is 26.2. The number of carbonyl (C=O) groups excluding carboxylic acids is 3. The first-order valence-electron chi connectivity index (χ1n) is 11.1. The van der Waals surface area contributed by atoms with Crippen LogP contribution in [0.1, 0.15) is 50.6 Å². The average Bonchev–Trinajstić information content (AvgIpc) is 3.18. The number of esters is 1. The van der Waals surface area contributed by atoms with Crippen LogP contribution in [0.15, 0.2) is 48.5 Å². The number of Topliss-reactive ketones (excluding diaryl/α,β-unsaturated/α-hetero) is 1. The normalized spacial score (nSPS) is 10.8. The molecule has 0 fully saturated rings. The van der Waals surface area contributed by atoms with E-state index in [1.54, 1.807) is 50.3 Å². The topological polar surface area (TPSA) is 90.9 Å². The van der Waals surface area contributed by atoms with E-state index < -0.39 is 11.9 Å². The Morgan fingerprint density at radius 3 is 2.44 bits per heavy atom. The molecule has 0 unspecified atom stereocenters. The molecular formula is C27H26ClNO6S. The molecule has 3 rings (SSSR count). The predicted molar refractivity (Wildman–Crippen MR) is 141 cm³/mol. The maximum Gasteiger partial charge on any atom is 0.341 e. The van der Waals surface area contributed by atoms with Crippen molar-refractivity contribution in [2.24, 2.45) is 0 Å². The Labute approximate surface area is 218 Å². The fourth-order valence-electron chi connectivity index (χ4n) is 3.36. The second-order valence-electron chi connectivity index (χ2n) is 7.68. The maximum absolute atomic E-state index is 12.6. The molecule has 36 heavy (non-hydrogen) atoms. The summed E-state index contributed by atoms with van der Waals surface area (Å²) in [5.41, 5.74) is 2.35. The third kappa shape index (κ3) is 6.74. The molecule has 0 aliphatic carbocycles. The van der Waals surface area contributed by atoms with Gasteiger partial charge in [-0.2, -0.15) is 0 Å². The third-order valence-corrected chi connectivity index (χ3v) is 6.67. The van der Waals surface area contributed by atoms with Gasteiger partial charge >= 0.3 is 5.97 Å². The number of rotatable bonds is 10. The quantitative estimate of drug-likeness (QED) is 0.188. The summed E-state index contributed by atoms with van der Waals surface area (Å²) in [6.45, 7) is 5.28. The lowest BCUT2D eigenvalue weighted by Gasteiger charge is -2.11. The molecule has 0 saturated heterocycles. The van der Waals surface area contributed by atoms with Gasteiger partial charge in [0.1, 0.15) is 11.6 Å². The molecule has 1 aromatic heterocycles. The number of anilines is 1. The molecule has 0 bridgehead atoms. The van der Waals surface area contributed by atoms with Crippen LogP contribution in [-0.2, 0) is 16.1 Å². The van der Waals surface area contributed by atoms with Crippen LogP contribution in [0.3, 0.4) is 0 Å². The number of amides is 1. The summed E-state index contributed by atoms with van der Waals surface area (Å²) in [5, 5.41) is 3.62. The number of thiophene rings is 1. The monoisotopic (exact) mass is 527 g/mol. The summed E-state index contributed by atoms with van der Waals surface area (Å²) >= 11 is 6.97. The van der Waals surface area contributed by atoms with Crippen LogP contribution < -0.4 is 14.8 Å². The summed E-state index contributed by atoms with van der Waals surface area (Å²) < 4.78 is 16.4. The number of halogens is 1. The minimum absolute atomic E-state index is 0.179. The van der Waals surface area contributed by atoms with Gasteiger partial charge in [0.05, 0.1) is 24.2 Å². The van der Waals surface area contributed by atoms with Crippen molar-refractivity contribution >= 4 is 51.7 Å². The molecular weight excluding hydrogens is 502 g/mol. The highest BCUT2D eigenvalue weighted by Gasteiger charge is 2.24. The van der Waals surface area contributed by atoms with Gasteiger partial charge in [0.2, 0.25) is 5.91 Å². The van der Waals surface area contributed by atoms with Crippen LogP contribution in [0.5, 0.6) is 11.5 Å². The first kappa shape index (κ1) is 27.0. The van der Waals surface area contributed by atoms with Crippen molar-refractivity contribution in [3.05, 3.63) is 80.7 Å². The van der Waals surface area contributed by atoms with E-state index in [9.17, 15) is 14.4 Å². The molecule has 0 aliphatic heterocycles. The fourth-order valence-corrected chi connectivity index (χ4v) is 4.58. The molecule has 3 aromatic rings. The Morgan fingerprint density at radius 2 is 1.81 bits per heavy atom. The van der Waals surface area contributed by atoms with Gasteiger partial charge in [0, 0.05) is 11.1 Å². The Kier molecular flexibility index (Phi) is 9.27. The summed E-state index contributed by atoms with van der Waals surface area (Å²) in [6, 6.07) is 12.6. The Bertz CT molecular complexity index is 1300. The van der Waals surface area contributed by atoms with Crippen LogP contribution in [-0.4, -0.2) is 31.4 Å². The van der Waals surface area contributed by atoms with Gasteiger partial charge in [0.25, 0.3) is 0 Å². The lowest BCUT2D eigenvalue weighted by atomic mass is 10.1. The van der Waals surface area contributed by atoms with Crippen molar-refractivity contribution in [1.82, 2.24) is 0 Å². The average molecular weight is 528 g/mol. The number of carbonyl (C=O) groups is 3. The smallest absolute Gasteiger partial charge is 0.341 e. The van der Waals surface area contributed by atoms with E-state index in [1.165, 1.54) is 20.1 Å². The SMILES string of the molecule is CCOC(=O)c1c(NC(=O)C=Cc2ccc(OCc3ccc(Cl)cc3)c(OC)c2)sc(C(C)=O)c1C. The van der Waals surface area contributed by atoms with E-state index in [0.29, 0.717) is 39.1 Å². The van der Waals surface area contributed by atoms with Crippen LogP contribution in [0, 0.1) is 6.92 Å². The second-order valence-corrected chi connectivity index (χ2v) is 9.14. The van der Waals surface area contributed by atoms with E-state index >= 15 is 0 Å². The van der Waals surface area contributed by atoms with Crippen molar-refractivity contribution in [2.75, 3.05) is 19.0 Å². The highest BCUT2D eigenvalue weighted by atomic mass is 35.5. The molecule has 0 aliphatic rings. The van der Waals surface area contributed by atoms with Crippen LogP contribution in [0.2, 0.25) is 5.02 Å². The second kappa shape index (κ2) is 12.4. The van der Waals surface area contributed by atoms with Gasteiger partial charge in [-0.15, -0.1) is 11.3 Å². The van der Waals surface area contributed by atoms with E-state index in [1.807, 2.05) is 12.1 Å². The molecule has 0 spiro atoms. The van der Waals surface area contributed by atoms with Gasteiger partial charge in [-0.3, -0.25) is 9.59 Å². The van der Waals surface area contributed by atoms with Gasteiger partial charge in [-0.25, -0.2) is 4.79 Å². The number of benzene rings is 2. The standard InChI is InChI=1S/C27H26ClNO6S/c1-5-34-27(32)24-16(2)25(17(3)30)36-26(24)29-23(31)13-9-18-8-12-21(22(14-18)33-4)35-15-19-6-10-20(28)11-7-19/h6-14H,5,15H2,1-4H3,(H,29,31). The molecule has 7 nitrogen and oxygen atoms in total. The first-order chi connectivity index (χ1) is 17.2. The minimum atomic E-state index is -0.586. The molecule has 0 saturated carbocycles. The van der Waals surface area contributed by atoms with Crippen LogP contribution in [0.4, 0.5) is 5.00 Å². The number of ketones is 1. The highest BCUT2D eigenvalue weighted by molar-refractivity contribution is 7.18. The van der Waals surface area contributed by atoms with E-state index in [-0.39, 0.29) is 23.0 Å². The number of ether oxygens (including phenoxy) is 3. The lowest BCUT2D eigenvalue weighted by Crippen LogP contribution is -2.12. The molecule has 1 amide bonds. The molecule has 1 heterocycles. The first-order valence-corrected chi connectivity index (χ1v) is 12.3. The Balaban J connectivity index is 1.72. The van der Waals surface area contributed by atoms with E-state index in [4.69, 9.17) is 25.8 Å². The van der Waals surface area contributed by atoms with Gasteiger partial charge in [0.15, 0.2) is 17.3 Å². The van der Waals surface area contributed by atoms with E-state index in [0.717, 1.165) is 16.9 Å². The Morgan fingerprint density at radius 1 is 1.08 bits per heavy atom. The summed E-state index contributed by atoms with van der Waals surface area (Å²) in [7, 11) is 1.54. The van der Waals surface area contributed by atoms with Crippen LogP contribution >= 0.6 is 22.9 Å². The highest BCUT2D eigenvalue weighted by Crippen LogP contribution is 2.34. The van der Waals surface area contributed by atoms with Crippen molar-refractivity contribution in [1.29, 1.82) is 0 Å². The van der Waals surface area contributed by atoms with Crippen molar-refractivity contribution in [3.8, 4) is 11.5 Å². The minimum Gasteiger partial charge on any atom is -0.493 e. The maximum atomic E-state index is 12.6. The number of methoxy groups -OCH3 is 1.